The topological polar surface area (TPSA) is 60.8 Å². The van der Waals surface area contributed by atoms with Crippen molar-refractivity contribution in [3.63, 3.8) is 0 Å². The summed E-state index contributed by atoms with van der Waals surface area (Å²) in [6.45, 7) is 0.688. The van der Waals surface area contributed by atoms with Crippen LogP contribution in [0.25, 0.3) is 0 Å². The monoisotopic (exact) mass is 219 g/mol. The number of benzene rings is 1. The molecule has 2 aliphatic rings. The summed E-state index contributed by atoms with van der Waals surface area (Å²) in [5.74, 6) is 0.391. The molecule has 1 amide bonds. The van der Waals surface area contributed by atoms with Gasteiger partial charge in [0.15, 0.2) is 6.10 Å². The quantitative estimate of drug-likeness (QED) is 0.785. The van der Waals surface area contributed by atoms with Gasteiger partial charge in [-0.15, -0.1) is 0 Å². The number of aromatic hydroxyl groups is 1. The van der Waals surface area contributed by atoms with E-state index in [-0.39, 0.29) is 11.7 Å². The summed E-state index contributed by atoms with van der Waals surface area (Å²) in [5, 5.41) is 19.1. The number of phenols is 1. The Hall–Kier alpha value is -1.55. The van der Waals surface area contributed by atoms with Crippen molar-refractivity contribution in [1.82, 2.24) is 0 Å². The summed E-state index contributed by atoms with van der Waals surface area (Å²) in [4.78, 5) is 13.5. The van der Waals surface area contributed by atoms with E-state index in [4.69, 9.17) is 0 Å². The van der Waals surface area contributed by atoms with Crippen molar-refractivity contribution in [2.45, 2.75) is 18.9 Å². The van der Waals surface area contributed by atoms with Crippen LogP contribution >= 0.6 is 0 Å². The molecule has 0 aromatic heterocycles. The molecule has 1 saturated carbocycles. The number of anilines is 1. The number of phenolic OH excluding ortho intramolecular Hbond substituents is 1. The minimum atomic E-state index is -1.11. The molecule has 16 heavy (non-hydrogen) atoms. The zero-order chi connectivity index (χ0) is 11.3. The number of carbonyl (C=O) groups is 1. The average Bonchev–Trinajstić information content (AvgIpc) is 3.04. The van der Waals surface area contributed by atoms with E-state index in [9.17, 15) is 15.0 Å². The van der Waals surface area contributed by atoms with Crippen LogP contribution in [-0.4, -0.2) is 22.7 Å². The number of hydrogen-bond donors (Lipinski definition) is 2. The zero-order valence-corrected chi connectivity index (χ0v) is 8.76. The second kappa shape index (κ2) is 3.22. The summed E-state index contributed by atoms with van der Waals surface area (Å²) < 4.78 is 0. The summed E-state index contributed by atoms with van der Waals surface area (Å²) in [5.41, 5.74) is 1.26. The van der Waals surface area contributed by atoms with Crippen molar-refractivity contribution in [2.24, 2.45) is 5.92 Å². The molecular formula is C12H13NO3. The Kier molecular flexibility index (Phi) is 1.94. The number of fused-ring (bicyclic) bond motifs is 1. The molecular weight excluding hydrogens is 206 g/mol. The Morgan fingerprint density at radius 1 is 1.38 bits per heavy atom. The molecule has 0 bridgehead atoms. The van der Waals surface area contributed by atoms with Crippen molar-refractivity contribution >= 4 is 11.6 Å². The van der Waals surface area contributed by atoms with Gasteiger partial charge in [-0.1, -0.05) is 0 Å². The second-order valence-electron chi connectivity index (χ2n) is 4.54. The normalized spacial score (nSPS) is 23.7. The SMILES string of the molecule is O=C1C(O)c2cc(O)ccc2N1CC1CC1. The lowest BCUT2D eigenvalue weighted by atomic mass is 10.1. The lowest BCUT2D eigenvalue weighted by molar-refractivity contribution is -0.125. The minimum Gasteiger partial charge on any atom is -0.508 e. The van der Waals surface area contributed by atoms with Crippen LogP contribution in [0, 0.1) is 5.92 Å². The van der Waals surface area contributed by atoms with Gasteiger partial charge in [-0.25, -0.2) is 0 Å². The largest absolute Gasteiger partial charge is 0.508 e. The fraction of sp³-hybridized carbons (Fsp3) is 0.417. The van der Waals surface area contributed by atoms with Crippen LogP contribution in [0.2, 0.25) is 0 Å². The maximum absolute atomic E-state index is 11.8. The van der Waals surface area contributed by atoms with E-state index in [0.717, 1.165) is 18.5 Å². The number of rotatable bonds is 2. The molecule has 1 aliphatic heterocycles. The molecule has 1 atom stereocenters. The zero-order valence-electron chi connectivity index (χ0n) is 8.76. The molecule has 1 aromatic carbocycles. The minimum absolute atomic E-state index is 0.0823. The van der Waals surface area contributed by atoms with Crippen molar-refractivity contribution < 1.29 is 15.0 Å². The first-order valence-corrected chi connectivity index (χ1v) is 5.49. The van der Waals surface area contributed by atoms with E-state index in [1.165, 1.54) is 6.07 Å². The molecule has 4 nitrogen and oxygen atoms in total. The fourth-order valence-electron chi connectivity index (χ4n) is 2.15. The molecule has 1 fully saturated rings. The van der Waals surface area contributed by atoms with Crippen LogP contribution in [0.3, 0.4) is 0 Å². The van der Waals surface area contributed by atoms with Gasteiger partial charge in [0.25, 0.3) is 5.91 Å². The smallest absolute Gasteiger partial charge is 0.260 e. The van der Waals surface area contributed by atoms with Crippen LogP contribution in [0.15, 0.2) is 18.2 Å². The maximum Gasteiger partial charge on any atom is 0.260 e. The molecule has 0 saturated heterocycles. The van der Waals surface area contributed by atoms with Crippen molar-refractivity contribution in [1.29, 1.82) is 0 Å². The Labute approximate surface area is 93.1 Å². The summed E-state index contributed by atoms with van der Waals surface area (Å²) in [7, 11) is 0. The molecule has 84 valence electrons. The highest BCUT2D eigenvalue weighted by molar-refractivity contribution is 6.04. The van der Waals surface area contributed by atoms with Gasteiger partial charge in [0, 0.05) is 12.1 Å². The highest BCUT2D eigenvalue weighted by Gasteiger charge is 2.38. The van der Waals surface area contributed by atoms with Gasteiger partial charge in [-0.2, -0.15) is 0 Å². The number of nitrogens with zero attached hydrogens (tertiary/aromatic N) is 1. The summed E-state index contributed by atoms with van der Waals surface area (Å²) in [6, 6.07) is 4.70. The highest BCUT2D eigenvalue weighted by atomic mass is 16.3. The molecule has 4 heteroatoms. The van der Waals surface area contributed by atoms with Crippen LogP contribution in [0.4, 0.5) is 5.69 Å². The number of aliphatic hydroxyl groups excluding tert-OH is 1. The van der Waals surface area contributed by atoms with Crippen molar-refractivity contribution in [2.75, 3.05) is 11.4 Å². The molecule has 2 N–H and O–H groups in total. The van der Waals surface area contributed by atoms with Crippen LogP contribution < -0.4 is 4.90 Å². The predicted molar refractivity (Wildman–Crippen MR) is 58.1 cm³/mol. The van der Waals surface area contributed by atoms with Gasteiger partial charge in [-0.3, -0.25) is 4.79 Å². The van der Waals surface area contributed by atoms with Gasteiger partial charge in [0.1, 0.15) is 5.75 Å². The Morgan fingerprint density at radius 2 is 2.12 bits per heavy atom. The van der Waals surface area contributed by atoms with E-state index in [0.29, 0.717) is 18.0 Å². The van der Waals surface area contributed by atoms with Crippen LogP contribution in [-0.2, 0) is 4.79 Å². The Balaban J connectivity index is 1.99. The van der Waals surface area contributed by atoms with Gasteiger partial charge in [-0.05, 0) is 37.0 Å². The Morgan fingerprint density at radius 3 is 2.81 bits per heavy atom. The van der Waals surface area contributed by atoms with E-state index < -0.39 is 6.10 Å². The van der Waals surface area contributed by atoms with Crippen molar-refractivity contribution in [3.8, 4) is 5.75 Å². The third-order valence-electron chi connectivity index (χ3n) is 3.23. The van der Waals surface area contributed by atoms with Gasteiger partial charge in [0.2, 0.25) is 0 Å². The second-order valence-corrected chi connectivity index (χ2v) is 4.54. The molecule has 1 aromatic rings. The predicted octanol–water partition coefficient (Wildman–Crippen LogP) is 1.18. The number of aliphatic hydroxyl groups is 1. The molecule has 0 radical (unpaired) electrons. The average molecular weight is 219 g/mol. The molecule has 1 unspecified atom stereocenters. The molecule has 1 aliphatic carbocycles. The first-order chi connectivity index (χ1) is 7.66. The molecule has 1 heterocycles. The molecule has 3 rings (SSSR count). The van der Waals surface area contributed by atoms with E-state index >= 15 is 0 Å². The van der Waals surface area contributed by atoms with Gasteiger partial charge in [0.05, 0.1) is 5.69 Å². The number of hydrogen-bond acceptors (Lipinski definition) is 3. The lowest BCUT2D eigenvalue weighted by Crippen LogP contribution is -2.30. The first kappa shape index (κ1) is 9.66. The van der Waals surface area contributed by atoms with Gasteiger partial charge >= 0.3 is 0 Å². The lowest BCUT2D eigenvalue weighted by Gasteiger charge is -2.16. The standard InChI is InChI=1S/C12H13NO3/c14-8-3-4-10-9(5-8)11(15)12(16)13(10)6-7-1-2-7/h3-5,7,11,14-15H,1-2,6H2. The summed E-state index contributed by atoms with van der Waals surface area (Å²) in [6.07, 6.45) is 1.21. The van der Waals surface area contributed by atoms with Crippen LogP contribution in [0.1, 0.15) is 24.5 Å². The van der Waals surface area contributed by atoms with E-state index in [1.54, 1.807) is 17.0 Å². The van der Waals surface area contributed by atoms with E-state index in [1.807, 2.05) is 0 Å². The summed E-state index contributed by atoms with van der Waals surface area (Å²) >= 11 is 0. The highest BCUT2D eigenvalue weighted by Crippen LogP contribution is 2.40. The number of amides is 1. The van der Waals surface area contributed by atoms with E-state index in [2.05, 4.69) is 0 Å². The third kappa shape index (κ3) is 1.38. The third-order valence-corrected chi connectivity index (χ3v) is 3.23. The fourth-order valence-corrected chi connectivity index (χ4v) is 2.15. The molecule has 0 spiro atoms. The number of carbonyl (C=O) groups excluding carboxylic acids is 1. The van der Waals surface area contributed by atoms with Crippen molar-refractivity contribution in [3.05, 3.63) is 23.8 Å². The maximum atomic E-state index is 11.8. The van der Waals surface area contributed by atoms with Crippen LogP contribution in [0.5, 0.6) is 5.75 Å². The Bertz CT molecular complexity index is 454. The first-order valence-electron chi connectivity index (χ1n) is 5.49. The van der Waals surface area contributed by atoms with Gasteiger partial charge < -0.3 is 15.1 Å².